The van der Waals surface area contributed by atoms with Gasteiger partial charge in [0.1, 0.15) is 0 Å². The van der Waals surface area contributed by atoms with Crippen molar-refractivity contribution in [2.75, 3.05) is 13.2 Å². The zero-order chi connectivity index (χ0) is 17.7. The smallest absolute Gasteiger partial charge is 0.315 e. The van der Waals surface area contributed by atoms with Crippen LogP contribution in [-0.2, 0) is 0 Å². The number of rotatable bonds is 8. The van der Waals surface area contributed by atoms with Crippen LogP contribution >= 0.6 is 11.3 Å². The van der Waals surface area contributed by atoms with Gasteiger partial charge in [-0.2, -0.15) is 0 Å². The van der Waals surface area contributed by atoms with E-state index >= 15 is 0 Å². The first-order chi connectivity index (χ1) is 10.6. The van der Waals surface area contributed by atoms with Crippen LogP contribution in [0.5, 0.6) is 0 Å². The number of urea groups is 1. The number of thiophene rings is 1. The Hall–Kier alpha value is -1.11. The molecule has 2 amide bonds. The number of hydrogen-bond donors (Lipinski definition) is 4. The molecule has 1 rings (SSSR count). The molecule has 1 heterocycles. The van der Waals surface area contributed by atoms with Gasteiger partial charge in [0.05, 0.1) is 18.8 Å². The summed E-state index contributed by atoms with van der Waals surface area (Å²) in [6.07, 6.45) is 0.214. The van der Waals surface area contributed by atoms with Crippen LogP contribution in [0.2, 0.25) is 0 Å². The largest absolute Gasteiger partial charge is 0.396 e. The Labute approximate surface area is 143 Å². The minimum absolute atomic E-state index is 0.0244. The summed E-state index contributed by atoms with van der Waals surface area (Å²) in [4.78, 5) is 13.3. The fraction of sp³-hybridized carbons (Fsp3) is 0.706. The van der Waals surface area contributed by atoms with E-state index in [2.05, 4.69) is 10.6 Å². The van der Waals surface area contributed by atoms with E-state index in [1.807, 2.05) is 45.2 Å². The summed E-state index contributed by atoms with van der Waals surface area (Å²) in [6, 6.07) is 3.38. The van der Waals surface area contributed by atoms with Crippen molar-refractivity contribution in [1.29, 1.82) is 0 Å². The van der Waals surface area contributed by atoms with Crippen molar-refractivity contribution in [1.82, 2.24) is 10.6 Å². The molecule has 1 aromatic rings. The molecule has 0 fully saturated rings. The number of nitrogens with one attached hydrogen (secondary N) is 2. The van der Waals surface area contributed by atoms with E-state index in [-0.39, 0.29) is 24.1 Å². The van der Waals surface area contributed by atoms with Crippen LogP contribution in [0.1, 0.15) is 52.0 Å². The molecule has 4 N–H and O–H groups in total. The van der Waals surface area contributed by atoms with Crippen molar-refractivity contribution in [3.63, 3.8) is 0 Å². The van der Waals surface area contributed by atoms with Gasteiger partial charge in [-0.1, -0.05) is 33.8 Å². The van der Waals surface area contributed by atoms with Crippen LogP contribution in [0.25, 0.3) is 0 Å². The first-order valence-electron chi connectivity index (χ1n) is 7.94. The van der Waals surface area contributed by atoms with E-state index in [9.17, 15) is 15.0 Å². The average Bonchev–Trinajstić information content (AvgIpc) is 2.94. The molecule has 0 unspecified atom stereocenters. The fourth-order valence-corrected chi connectivity index (χ4v) is 3.56. The van der Waals surface area contributed by atoms with Crippen molar-refractivity contribution >= 4 is 17.4 Å². The summed E-state index contributed by atoms with van der Waals surface area (Å²) in [5.41, 5.74) is -0.645. The molecule has 5 nitrogen and oxygen atoms in total. The number of amides is 2. The molecule has 0 aromatic carbocycles. The van der Waals surface area contributed by atoms with Crippen molar-refractivity contribution in [3.8, 4) is 0 Å². The molecule has 2 atom stereocenters. The van der Waals surface area contributed by atoms with Gasteiger partial charge < -0.3 is 20.8 Å². The summed E-state index contributed by atoms with van der Waals surface area (Å²) < 4.78 is 0. The highest BCUT2D eigenvalue weighted by Crippen LogP contribution is 2.35. The van der Waals surface area contributed by atoms with Crippen LogP contribution in [-0.4, -0.2) is 35.5 Å². The molecule has 0 saturated heterocycles. The molecular weight excluding hydrogens is 312 g/mol. The lowest BCUT2D eigenvalue weighted by Crippen LogP contribution is -2.46. The predicted molar refractivity (Wildman–Crippen MR) is 94.5 cm³/mol. The Balaban J connectivity index is 2.68. The first kappa shape index (κ1) is 19.9. The van der Waals surface area contributed by atoms with Crippen LogP contribution < -0.4 is 10.6 Å². The quantitative estimate of drug-likeness (QED) is 0.586. The van der Waals surface area contributed by atoms with Crippen LogP contribution in [0.4, 0.5) is 4.79 Å². The van der Waals surface area contributed by atoms with E-state index in [4.69, 9.17) is 0 Å². The highest BCUT2D eigenvalue weighted by atomic mass is 32.1. The molecule has 0 bridgehead atoms. The van der Waals surface area contributed by atoms with Crippen molar-refractivity contribution in [3.05, 3.63) is 22.4 Å². The second-order valence-corrected chi connectivity index (χ2v) is 8.62. The van der Waals surface area contributed by atoms with Gasteiger partial charge in [-0.3, -0.25) is 0 Å². The van der Waals surface area contributed by atoms with Crippen LogP contribution in [0.15, 0.2) is 17.5 Å². The van der Waals surface area contributed by atoms with Gasteiger partial charge in [-0.25, -0.2) is 4.79 Å². The van der Waals surface area contributed by atoms with E-state index in [0.29, 0.717) is 13.0 Å². The highest BCUT2D eigenvalue weighted by molar-refractivity contribution is 7.10. The normalized spacial score (nSPS) is 15.1. The molecule has 6 heteroatoms. The predicted octanol–water partition coefficient (Wildman–Crippen LogP) is 2.90. The third-order valence-electron chi connectivity index (χ3n) is 3.87. The molecule has 0 aliphatic rings. The Morgan fingerprint density at radius 1 is 1.35 bits per heavy atom. The molecule has 0 aliphatic carbocycles. The van der Waals surface area contributed by atoms with Crippen molar-refractivity contribution < 1.29 is 15.0 Å². The molecule has 0 saturated carbocycles. The first-order valence-corrected chi connectivity index (χ1v) is 8.82. The maximum Gasteiger partial charge on any atom is 0.315 e. The minimum atomic E-state index is -0.461. The summed E-state index contributed by atoms with van der Waals surface area (Å²) in [7, 11) is 0. The molecule has 132 valence electrons. The van der Waals surface area contributed by atoms with E-state index in [1.165, 1.54) is 0 Å². The lowest BCUT2D eigenvalue weighted by atomic mass is 9.84. The monoisotopic (exact) mass is 342 g/mol. The Morgan fingerprint density at radius 3 is 2.48 bits per heavy atom. The van der Waals surface area contributed by atoms with E-state index in [0.717, 1.165) is 4.88 Å². The van der Waals surface area contributed by atoms with Gasteiger partial charge in [-0.15, -0.1) is 11.3 Å². The highest BCUT2D eigenvalue weighted by Gasteiger charge is 2.32. The Bertz CT molecular complexity index is 484. The van der Waals surface area contributed by atoms with Gasteiger partial charge in [-0.05, 0) is 30.2 Å². The summed E-state index contributed by atoms with van der Waals surface area (Å²) in [5.74, 6) is 0. The lowest BCUT2D eigenvalue weighted by Gasteiger charge is -2.33. The van der Waals surface area contributed by atoms with Gasteiger partial charge in [0.15, 0.2) is 0 Å². The number of hydrogen-bond acceptors (Lipinski definition) is 4. The van der Waals surface area contributed by atoms with E-state index < -0.39 is 11.5 Å². The number of aliphatic hydroxyl groups is 2. The Morgan fingerprint density at radius 2 is 2.00 bits per heavy atom. The number of aliphatic hydroxyl groups excluding tert-OH is 2. The molecule has 23 heavy (non-hydrogen) atoms. The van der Waals surface area contributed by atoms with Crippen LogP contribution in [0, 0.1) is 10.8 Å². The maximum atomic E-state index is 12.3. The van der Waals surface area contributed by atoms with Gasteiger partial charge in [0, 0.05) is 16.8 Å². The zero-order valence-corrected chi connectivity index (χ0v) is 15.5. The third kappa shape index (κ3) is 6.49. The second-order valence-electron chi connectivity index (χ2n) is 7.64. The molecule has 0 spiro atoms. The fourth-order valence-electron chi connectivity index (χ4n) is 2.57. The van der Waals surface area contributed by atoms with Crippen molar-refractivity contribution in [2.24, 2.45) is 10.8 Å². The molecule has 1 aromatic heterocycles. The Kier molecular flexibility index (Phi) is 7.04. The summed E-state index contributed by atoms with van der Waals surface area (Å²) in [6.45, 7) is 10.1. The lowest BCUT2D eigenvalue weighted by molar-refractivity contribution is 0.116. The van der Waals surface area contributed by atoms with Gasteiger partial charge in [0.25, 0.3) is 0 Å². The van der Waals surface area contributed by atoms with Gasteiger partial charge >= 0.3 is 6.03 Å². The summed E-state index contributed by atoms with van der Waals surface area (Å²) in [5, 5.41) is 27.0. The molecular formula is C17H30N2O3S. The minimum Gasteiger partial charge on any atom is -0.396 e. The van der Waals surface area contributed by atoms with Gasteiger partial charge in [0.2, 0.25) is 0 Å². The average molecular weight is 343 g/mol. The molecule has 0 radical (unpaired) electrons. The molecule has 0 aliphatic heterocycles. The van der Waals surface area contributed by atoms with Crippen LogP contribution in [0.3, 0.4) is 0 Å². The SMILES string of the molecule is C[C@@H](O)CC(C)(C)CNC(=O)N[C@@H](c1cccs1)C(C)(C)CO. The maximum absolute atomic E-state index is 12.3. The number of carbonyl (C=O) groups excluding carboxylic acids is 1. The second kappa shape index (κ2) is 8.13. The summed E-state index contributed by atoms with van der Waals surface area (Å²) >= 11 is 1.56. The zero-order valence-electron chi connectivity index (χ0n) is 14.7. The number of carbonyl (C=O) groups is 1. The van der Waals surface area contributed by atoms with Crippen molar-refractivity contribution in [2.45, 2.75) is 53.2 Å². The standard InChI is InChI=1S/C17H30N2O3S/c1-12(21)9-16(2,3)10-18-15(22)19-14(17(4,5)11-20)13-7-6-8-23-13/h6-8,12,14,20-21H,9-11H2,1-5H3,(H2,18,19,22)/t12-,14+/m1/s1. The third-order valence-corrected chi connectivity index (χ3v) is 4.80. The topological polar surface area (TPSA) is 81.6 Å². The van der Waals surface area contributed by atoms with E-state index in [1.54, 1.807) is 18.3 Å².